The van der Waals surface area contributed by atoms with E-state index in [-0.39, 0.29) is 14.2 Å². The molecule has 2 aromatic carbocycles. The average Bonchev–Trinajstić information content (AvgIpc) is 2.43. The smallest absolute Gasteiger partial charge is 0.262 e. The Hall–Kier alpha value is -0.930. The Morgan fingerprint density at radius 2 is 1.77 bits per heavy atom. The number of benzene rings is 2. The van der Waals surface area contributed by atoms with Gasteiger partial charge in [0, 0.05) is 5.02 Å². The molecule has 0 radical (unpaired) electrons. The summed E-state index contributed by atoms with van der Waals surface area (Å²) in [6.45, 7) is 3.26. The van der Waals surface area contributed by atoms with Gasteiger partial charge >= 0.3 is 0 Å². The average molecular weight is 458 g/mol. The Morgan fingerprint density at radius 1 is 1.14 bits per heavy atom. The first-order valence-electron chi connectivity index (χ1n) is 6.06. The van der Waals surface area contributed by atoms with Crippen molar-refractivity contribution in [1.29, 1.82) is 0 Å². The van der Waals surface area contributed by atoms with Crippen LogP contribution in [-0.4, -0.2) is 8.42 Å². The molecule has 0 unspecified atom stereocenters. The molecular formula is C14H11ClF2INO2S. The van der Waals surface area contributed by atoms with E-state index in [9.17, 15) is 17.2 Å². The van der Waals surface area contributed by atoms with E-state index in [4.69, 9.17) is 11.6 Å². The first-order valence-corrected chi connectivity index (χ1v) is 9.00. The maximum Gasteiger partial charge on any atom is 0.262 e. The van der Waals surface area contributed by atoms with Crippen LogP contribution in [0.25, 0.3) is 0 Å². The van der Waals surface area contributed by atoms with Gasteiger partial charge in [0.25, 0.3) is 10.0 Å². The van der Waals surface area contributed by atoms with Crippen LogP contribution in [0.1, 0.15) is 11.1 Å². The minimum atomic E-state index is -4.01. The van der Waals surface area contributed by atoms with Crippen molar-refractivity contribution in [3.05, 3.63) is 55.6 Å². The number of sulfonamides is 1. The summed E-state index contributed by atoms with van der Waals surface area (Å²) in [6, 6.07) is 4.98. The Labute approximate surface area is 145 Å². The third-order valence-corrected chi connectivity index (χ3v) is 5.93. The van der Waals surface area contributed by atoms with Crippen LogP contribution in [0.5, 0.6) is 0 Å². The fraction of sp³-hybridized carbons (Fsp3) is 0.143. The number of nitrogens with one attached hydrogen (secondary N) is 1. The fourth-order valence-electron chi connectivity index (χ4n) is 1.85. The SMILES string of the molecule is Cc1cc(S(=O)(=O)Nc2ccc(F)c(I)c2F)c(C)cc1Cl. The second-order valence-corrected chi connectivity index (χ2v) is 7.83. The van der Waals surface area contributed by atoms with Crippen LogP contribution >= 0.6 is 34.2 Å². The van der Waals surface area contributed by atoms with Crippen molar-refractivity contribution in [2.24, 2.45) is 0 Å². The number of rotatable bonds is 3. The van der Waals surface area contributed by atoms with E-state index in [1.807, 2.05) is 0 Å². The predicted molar refractivity (Wildman–Crippen MR) is 90.8 cm³/mol. The lowest BCUT2D eigenvalue weighted by molar-refractivity contribution is 0.571. The van der Waals surface area contributed by atoms with Crippen LogP contribution in [0.3, 0.4) is 0 Å². The first kappa shape index (κ1) is 17.4. The molecule has 0 aliphatic rings. The highest BCUT2D eigenvalue weighted by Gasteiger charge is 2.21. The second kappa shape index (κ2) is 6.29. The van der Waals surface area contributed by atoms with Crippen molar-refractivity contribution in [3.8, 4) is 0 Å². The summed E-state index contributed by atoms with van der Waals surface area (Å²) < 4.78 is 53.9. The summed E-state index contributed by atoms with van der Waals surface area (Å²) in [5.74, 6) is -1.70. The fourth-order valence-corrected chi connectivity index (χ4v) is 3.91. The maximum absolute atomic E-state index is 14.0. The van der Waals surface area contributed by atoms with Crippen molar-refractivity contribution in [1.82, 2.24) is 0 Å². The lowest BCUT2D eigenvalue weighted by atomic mass is 10.2. The second-order valence-electron chi connectivity index (χ2n) is 4.70. The number of hydrogen-bond acceptors (Lipinski definition) is 2. The van der Waals surface area contributed by atoms with Gasteiger partial charge < -0.3 is 0 Å². The molecule has 0 aromatic heterocycles. The van der Waals surface area contributed by atoms with Crippen LogP contribution < -0.4 is 4.72 Å². The van der Waals surface area contributed by atoms with E-state index in [1.54, 1.807) is 13.8 Å². The lowest BCUT2D eigenvalue weighted by Crippen LogP contribution is -2.16. The molecule has 0 fully saturated rings. The molecule has 22 heavy (non-hydrogen) atoms. The Morgan fingerprint density at radius 3 is 2.41 bits per heavy atom. The molecule has 0 aliphatic carbocycles. The van der Waals surface area contributed by atoms with Crippen LogP contribution in [0.4, 0.5) is 14.5 Å². The molecule has 0 aliphatic heterocycles. The molecular weight excluding hydrogens is 447 g/mol. The lowest BCUT2D eigenvalue weighted by Gasteiger charge is -2.13. The van der Waals surface area contributed by atoms with Gasteiger partial charge in [0.05, 0.1) is 14.2 Å². The summed E-state index contributed by atoms with van der Waals surface area (Å²) in [5, 5.41) is 0.443. The number of aryl methyl sites for hydroxylation is 2. The van der Waals surface area contributed by atoms with Crippen molar-refractivity contribution in [2.75, 3.05) is 4.72 Å². The van der Waals surface area contributed by atoms with E-state index in [1.165, 1.54) is 34.7 Å². The number of hydrogen-bond donors (Lipinski definition) is 1. The summed E-state index contributed by atoms with van der Waals surface area (Å²) in [4.78, 5) is -0.00636. The zero-order valence-electron chi connectivity index (χ0n) is 11.5. The molecule has 0 atom stereocenters. The standard InChI is InChI=1S/C14H11ClF2INO2S/c1-7-6-12(8(2)5-9(7)15)22(20,21)19-11-4-3-10(16)14(18)13(11)17/h3-6,19H,1-2H3. The summed E-state index contributed by atoms with van der Waals surface area (Å²) in [5.41, 5.74) is 0.708. The quantitative estimate of drug-likeness (QED) is 0.539. The Balaban J connectivity index is 2.49. The molecule has 0 spiro atoms. The van der Waals surface area contributed by atoms with Crippen LogP contribution in [-0.2, 0) is 10.0 Å². The van der Waals surface area contributed by atoms with Gasteiger partial charge in [-0.15, -0.1) is 0 Å². The van der Waals surface area contributed by atoms with Crippen molar-refractivity contribution in [2.45, 2.75) is 18.7 Å². The summed E-state index contributed by atoms with van der Waals surface area (Å²) in [6.07, 6.45) is 0. The molecule has 3 nitrogen and oxygen atoms in total. The minimum Gasteiger partial charge on any atom is -0.277 e. The zero-order chi connectivity index (χ0) is 16.7. The first-order chi connectivity index (χ1) is 10.1. The number of anilines is 1. The topological polar surface area (TPSA) is 46.2 Å². The number of halogens is 4. The van der Waals surface area contributed by atoms with E-state index < -0.39 is 21.7 Å². The summed E-state index contributed by atoms with van der Waals surface area (Å²) in [7, 11) is -4.01. The third kappa shape index (κ3) is 3.36. The van der Waals surface area contributed by atoms with Gasteiger partial charge in [-0.3, -0.25) is 4.72 Å². The zero-order valence-corrected chi connectivity index (χ0v) is 15.3. The minimum absolute atomic E-state index is 0.00636. The van der Waals surface area contributed by atoms with E-state index >= 15 is 0 Å². The van der Waals surface area contributed by atoms with Gasteiger partial charge in [0.2, 0.25) is 0 Å². The monoisotopic (exact) mass is 457 g/mol. The van der Waals surface area contributed by atoms with Crippen LogP contribution in [0, 0.1) is 29.1 Å². The van der Waals surface area contributed by atoms with E-state index in [2.05, 4.69) is 4.72 Å². The van der Waals surface area contributed by atoms with Crippen LogP contribution in [0.2, 0.25) is 5.02 Å². The van der Waals surface area contributed by atoms with Crippen LogP contribution in [0.15, 0.2) is 29.2 Å². The molecule has 0 heterocycles. The Bertz CT molecular complexity index is 856. The van der Waals surface area contributed by atoms with Gasteiger partial charge in [0.15, 0.2) is 5.82 Å². The molecule has 2 rings (SSSR count). The molecule has 0 amide bonds. The van der Waals surface area contributed by atoms with Gasteiger partial charge in [-0.05, 0) is 71.8 Å². The van der Waals surface area contributed by atoms with Gasteiger partial charge in [-0.25, -0.2) is 17.2 Å². The predicted octanol–water partition coefficient (Wildman–Crippen LogP) is 4.64. The van der Waals surface area contributed by atoms with Gasteiger partial charge in [-0.1, -0.05) is 11.6 Å². The van der Waals surface area contributed by atoms with Crippen molar-refractivity contribution >= 4 is 49.9 Å². The van der Waals surface area contributed by atoms with E-state index in [0.29, 0.717) is 16.1 Å². The summed E-state index contributed by atoms with van der Waals surface area (Å²) >= 11 is 7.42. The highest BCUT2D eigenvalue weighted by molar-refractivity contribution is 14.1. The van der Waals surface area contributed by atoms with E-state index in [0.717, 1.165) is 12.1 Å². The van der Waals surface area contributed by atoms with Crippen molar-refractivity contribution < 1.29 is 17.2 Å². The van der Waals surface area contributed by atoms with Gasteiger partial charge in [-0.2, -0.15) is 0 Å². The molecule has 118 valence electrons. The Kier molecular flexibility index (Phi) is 4.98. The molecule has 2 aromatic rings. The third-order valence-electron chi connectivity index (χ3n) is 3.03. The maximum atomic E-state index is 14.0. The highest BCUT2D eigenvalue weighted by atomic mass is 127. The van der Waals surface area contributed by atoms with Gasteiger partial charge in [0.1, 0.15) is 5.82 Å². The molecule has 1 N–H and O–H groups in total. The highest BCUT2D eigenvalue weighted by Crippen LogP contribution is 2.28. The largest absolute Gasteiger partial charge is 0.277 e. The molecule has 8 heteroatoms. The molecule has 0 saturated carbocycles. The molecule has 0 saturated heterocycles. The normalized spacial score (nSPS) is 11.5. The van der Waals surface area contributed by atoms with Crippen molar-refractivity contribution in [3.63, 3.8) is 0 Å². The molecule has 0 bridgehead atoms.